The minimum atomic E-state index is -0.489. The first-order valence-corrected chi connectivity index (χ1v) is 5.92. The van der Waals surface area contributed by atoms with Crippen LogP contribution in [0, 0.1) is 0 Å². The Balaban J connectivity index is 2.09. The SMILES string of the molecule is CC(C)(C)OC(=O)N1[C@H]2CCC(=O)[C@@H]1CC2. The molecule has 90 valence electrons. The van der Waals surface area contributed by atoms with Crippen molar-refractivity contribution in [3.63, 3.8) is 0 Å². The first-order valence-electron chi connectivity index (χ1n) is 5.92. The number of piperidine rings is 1. The van der Waals surface area contributed by atoms with Gasteiger partial charge in [-0.3, -0.25) is 9.69 Å². The average molecular weight is 225 g/mol. The number of carbonyl (C=O) groups is 2. The van der Waals surface area contributed by atoms with Crippen LogP contribution in [0.5, 0.6) is 0 Å². The zero-order valence-electron chi connectivity index (χ0n) is 10.2. The van der Waals surface area contributed by atoms with Gasteiger partial charge in [0, 0.05) is 12.5 Å². The van der Waals surface area contributed by atoms with Crippen LogP contribution in [0.2, 0.25) is 0 Å². The van der Waals surface area contributed by atoms with Crippen LogP contribution in [0.4, 0.5) is 4.79 Å². The molecule has 16 heavy (non-hydrogen) atoms. The minimum absolute atomic E-state index is 0.194. The fourth-order valence-corrected chi connectivity index (χ4v) is 2.55. The van der Waals surface area contributed by atoms with Crippen molar-refractivity contribution in [3.05, 3.63) is 0 Å². The average Bonchev–Trinajstić information content (AvgIpc) is 2.46. The summed E-state index contributed by atoms with van der Waals surface area (Å²) in [4.78, 5) is 25.3. The number of hydrogen-bond acceptors (Lipinski definition) is 3. The maximum absolute atomic E-state index is 12.0. The van der Waals surface area contributed by atoms with Crippen molar-refractivity contribution in [1.82, 2.24) is 4.90 Å². The number of hydrogen-bond donors (Lipinski definition) is 0. The molecule has 0 aromatic rings. The van der Waals surface area contributed by atoms with Crippen LogP contribution in [0.25, 0.3) is 0 Å². The monoisotopic (exact) mass is 225 g/mol. The predicted octanol–water partition coefficient (Wildman–Crippen LogP) is 2.12. The summed E-state index contributed by atoms with van der Waals surface area (Å²) in [5, 5.41) is 0. The fourth-order valence-electron chi connectivity index (χ4n) is 2.55. The molecule has 2 heterocycles. The largest absolute Gasteiger partial charge is 0.444 e. The molecule has 4 heteroatoms. The summed E-state index contributed by atoms with van der Waals surface area (Å²) in [7, 11) is 0. The van der Waals surface area contributed by atoms with E-state index in [2.05, 4.69) is 0 Å². The van der Waals surface area contributed by atoms with E-state index in [1.807, 2.05) is 20.8 Å². The van der Waals surface area contributed by atoms with Gasteiger partial charge >= 0.3 is 6.09 Å². The van der Waals surface area contributed by atoms with E-state index in [0.717, 1.165) is 19.3 Å². The number of ether oxygens (including phenoxy) is 1. The van der Waals surface area contributed by atoms with Crippen LogP contribution < -0.4 is 0 Å². The van der Waals surface area contributed by atoms with Crippen molar-refractivity contribution in [3.8, 4) is 0 Å². The Morgan fingerprint density at radius 3 is 2.62 bits per heavy atom. The molecule has 2 rings (SSSR count). The molecule has 0 aromatic carbocycles. The van der Waals surface area contributed by atoms with Gasteiger partial charge in [-0.15, -0.1) is 0 Å². The minimum Gasteiger partial charge on any atom is -0.444 e. The Labute approximate surface area is 95.9 Å². The van der Waals surface area contributed by atoms with E-state index < -0.39 is 5.60 Å². The summed E-state index contributed by atoms with van der Waals surface area (Å²) in [6, 6.07) is 0.00569. The lowest BCUT2D eigenvalue weighted by molar-refractivity contribution is -0.126. The molecule has 2 aliphatic rings. The highest BCUT2D eigenvalue weighted by atomic mass is 16.6. The van der Waals surface area contributed by atoms with E-state index in [1.54, 1.807) is 4.90 Å². The highest BCUT2D eigenvalue weighted by Crippen LogP contribution is 2.34. The molecular weight excluding hydrogens is 206 g/mol. The Morgan fingerprint density at radius 1 is 1.31 bits per heavy atom. The smallest absolute Gasteiger partial charge is 0.411 e. The highest BCUT2D eigenvalue weighted by Gasteiger charge is 2.45. The number of nitrogens with zero attached hydrogens (tertiary/aromatic N) is 1. The molecule has 0 unspecified atom stereocenters. The van der Waals surface area contributed by atoms with Gasteiger partial charge in [0.1, 0.15) is 5.60 Å². The summed E-state index contributed by atoms with van der Waals surface area (Å²) in [5.74, 6) is 0.194. The van der Waals surface area contributed by atoms with Gasteiger partial charge in [-0.1, -0.05) is 0 Å². The third-order valence-corrected chi connectivity index (χ3v) is 3.20. The van der Waals surface area contributed by atoms with Gasteiger partial charge in [-0.05, 0) is 40.0 Å². The van der Waals surface area contributed by atoms with Crippen molar-refractivity contribution < 1.29 is 14.3 Å². The lowest BCUT2D eigenvalue weighted by atomic mass is 10.0. The molecular formula is C12H19NO3. The van der Waals surface area contributed by atoms with Crippen LogP contribution in [0.1, 0.15) is 46.5 Å². The Kier molecular flexibility index (Phi) is 2.68. The number of amides is 1. The molecule has 1 amide bonds. The standard InChI is InChI=1S/C12H19NO3/c1-12(2,3)16-11(15)13-8-4-6-9(13)10(14)7-5-8/h8-9H,4-7H2,1-3H3/t8-,9+/m1/s1. The van der Waals surface area contributed by atoms with E-state index in [4.69, 9.17) is 4.74 Å². The summed E-state index contributed by atoms with van der Waals surface area (Å²) >= 11 is 0. The van der Waals surface area contributed by atoms with Crippen LogP contribution >= 0.6 is 0 Å². The molecule has 0 N–H and O–H groups in total. The van der Waals surface area contributed by atoms with Gasteiger partial charge < -0.3 is 4.74 Å². The first-order chi connectivity index (χ1) is 7.38. The van der Waals surface area contributed by atoms with Gasteiger partial charge in [-0.25, -0.2) is 4.79 Å². The van der Waals surface area contributed by atoms with Crippen molar-refractivity contribution in [2.24, 2.45) is 0 Å². The molecule has 2 fully saturated rings. The highest BCUT2D eigenvalue weighted by molar-refractivity contribution is 5.89. The Morgan fingerprint density at radius 2 is 2.00 bits per heavy atom. The van der Waals surface area contributed by atoms with E-state index >= 15 is 0 Å². The van der Waals surface area contributed by atoms with Gasteiger partial charge in [0.2, 0.25) is 0 Å². The van der Waals surface area contributed by atoms with Gasteiger partial charge in [-0.2, -0.15) is 0 Å². The summed E-state index contributed by atoms with van der Waals surface area (Å²) in [5.41, 5.74) is -0.489. The number of ketones is 1. The molecule has 2 saturated heterocycles. The van der Waals surface area contributed by atoms with Gasteiger partial charge in [0.25, 0.3) is 0 Å². The molecule has 2 atom stereocenters. The zero-order chi connectivity index (χ0) is 11.9. The van der Waals surface area contributed by atoms with Crippen LogP contribution in [-0.2, 0) is 9.53 Å². The molecule has 2 bridgehead atoms. The van der Waals surface area contributed by atoms with E-state index in [0.29, 0.717) is 6.42 Å². The maximum atomic E-state index is 12.0. The van der Waals surface area contributed by atoms with Crippen molar-refractivity contribution in [2.45, 2.75) is 64.1 Å². The quantitative estimate of drug-likeness (QED) is 0.634. The Hall–Kier alpha value is -1.06. The summed E-state index contributed by atoms with van der Waals surface area (Å²) in [6.07, 6.45) is 2.84. The van der Waals surface area contributed by atoms with Crippen LogP contribution in [0.3, 0.4) is 0 Å². The second-order valence-corrected chi connectivity index (χ2v) is 5.64. The van der Waals surface area contributed by atoms with Crippen molar-refractivity contribution in [2.75, 3.05) is 0 Å². The Bertz CT molecular complexity index is 319. The predicted molar refractivity (Wildman–Crippen MR) is 59.1 cm³/mol. The lowest BCUT2D eigenvalue weighted by Crippen LogP contribution is -2.50. The lowest BCUT2D eigenvalue weighted by Gasteiger charge is -2.35. The second kappa shape index (κ2) is 3.75. The molecule has 0 radical (unpaired) electrons. The third-order valence-electron chi connectivity index (χ3n) is 3.20. The topological polar surface area (TPSA) is 46.6 Å². The molecule has 0 spiro atoms. The van der Waals surface area contributed by atoms with Crippen molar-refractivity contribution in [1.29, 1.82) is 0 Å². The second-order valence-electron chi connectivity index (χ2n) is 5.64. The molecule has 0 aromatic heterocycles. The van der Waals surface area contributed by atoms with E-state index in [-0.39, 0.29) is 24.0 Å². The number of carbonyl (C=O) groups excluding carboxylic acids is 2. The summed E-state index contributed by atoms with van der Waals surface area (Å²) in [6.45, 7) is 5.54. The molecule has 4 nitrogen and oxygen atoms in total. The van der Waals surface area contributed by atoms with Crippen molar-refractivity contribution >= 4 is 11.9 Å². The molecule has 0 saturated carbocycles. The van der Waals surface area contributed by atoms with E-state index in [1.165, 1.54) is 0 Å². The van der Waals surface area contributed by atoms with Gasteiger partial charge in [0.05, 0.1) is 6.04 Å². The normalized spacial score (nSPS) is 29.4. The third kappa shape index (κ3) is 2.06. The molecule has 0 aliphatic carbocycles. The fraction of sp³-hybridized carbons (Fsp3) is 0.833. The maximum Gasteiger partial charge on any atom is 0.411 e. The first kappa shape index (κ1) is 11.4. The van der Waals surface area contributed by atoms with E-state index in [9.17, 15) is 9.59 Å². The zero-order valence-corrected chi connectivity index (χ0v) is 10.2. The number of rotatable bonds is 0. The van der Waals surface area contributed by atoms with Crippen LogP contribution in [-0.4, -0.2) is 34.5 Å². The van der Waals surface area contributed by atoms with Gasteiger partial charge in [0.15, 0.2) is 5.78 Å². The summed E-state index contributed by atoms with van der Waals surface area (Å²) < 4.78 is 5.34. The molecule has 2 aliphatic heterocycles. The van der Waals surface area contributed by atoms with Crippen LogP contribution in [0.15, 0.2) is 0 Å². The number of Topliss-reactive ketones (excluding diaryl/α,β-unsaturated/α-hetero) is 1. The number of fused-ring (bicyclic) bond motifs is 2.